The van der Waals surface area contributed by atoms with Gasteiger partial charge in [0.2, 0.25) is 17.5 Å². The number of benzene rings is 1. The Balaban J connectivity index is 3.08. The molecular weight excluding hydrogens is 367 g/mol. The zero-order chi connectivity index (χ0) is 19.3. The highest BCUT2D eigenvalue weighted by molar-refractivity contribution is 6.07. The predicted octanol–water partition coefficient (Wildman–Crippen LogP) is 5.08. The lowest BCUT2D eigenvalue weighted by Gasteiger charge is -2.33. The molecular formula is C15H5F9O. The maximum absolute atomic E-state index is 14.3. The fraction of sp³-hybridized carbons (Fsp3) is 0.133. The van der Waals surface area contributed by atoms with E-state index in [9.17, 15) is 44.3 Å². The van der Waals surface area contributed by atoms with Gasteiger partial charge in [0.15, 0.2) is 34.9 Å². The van der Waals surface area contributed by atoms with Crippen molar-refractivity contribution in [2.45, 2.75) is 11.8 Å². The Morgan fingerprint density at radius 1 is 0.720 bits per heavy atom. The van der Waals surface area contributed by atoms with Crippen molar-refractivity contribution in [1.82, 2.24) is 0 Å². The Kier molecular flexibility index (Phi) is 4.58. The third kappa shape index (κ3) is 2.30. The molecule has 1 nitrogen and oxygen atoms in total. The van der Waals surface area contributed by atoms with Gasteiger partial charge >= 0.3 is 0 Å². The van der Waals surface area contributed by atoms with Gasteiger partial charge in [-0.2, -0.15) is 8.78 Å². The summed E-state index contributed by atoms with van der Waals surface area (Å²) >= 11 is 0. The van der Waals surface area contributed by atoms with Crippen LogP contribution in [0.5, 0.6) is 0 Å². The van der Waals surface area contributed by atoms with Crippen molar-refractivity contribution in [3.63, 3.8) is 0 Å². The molecule has 1 aliphatic carbocycles. The number of rotatable bonds is 3. The van der Waals surface area contributed by atoms with E-state index < -0.39 is 75.6 Å². The molecule has 0 radical (unpaired) electrons. The van der Waals surface area contributed by atoms with E-state index in [2.05, 4.69) is 6.58 Å². The Hall–Kier alpha value is -2.52. The molecule has 1 aromatic rings. The van der Waals surface area contributed by atoms with Crippen LogP contribution in [0.3, 0.4) is 0 Å². The molecule has 0 bridgehead atoms. The summed E-state index contributed by atoms with van der Waals surface area (Å²) in [6.07, 6.45) is -0.829. The van der Waals surface area contributed by atoms with Gasteiger partial charge in [-0.15, -0.1) is 6.58 Å². The maximum atomic E-state index is 14.3. The molecule has 1 aromatic carbocycles. The summed E-state index contributed by atoms with van der Waals surface area (Å²) in [5.74, 6) is -25.9. The average Bonchev–Trinajstić information content (AvgIpc) is 2.59. The molecule has 0 aliphatic heterocycles. The number of halogens is 9. The van der Waals surface area contributed by atoms with Gasteiger partial charge < -0.3 is 0 Å². The second kappa shape index (κ2) is 6.08. The third-order valence-corrected chi connectivity index (χ3v) is 3.62. The summed E-state index contributed by atoms with van der Waals surface area (Å²) in [5.41, 5.74) is -5.93. The number of hydrogen-bond donors (Lipinski definition) is 0. The van der Waals surface area contributed by atoms with Gasteiger partial charge in [0.1, 0.15) is 5.41 Å². The normalized spacial score (nSPS) is 17.4. The molecule has 0 amide bonds. The number of carbonyl (C=O) groups excluding carboxylic acids is 1. The lowest BCUT2D eigenvalue weighted by molar-refractivity contribution is -0.115. The molecule has 0 atom stereocenters. The van der Waals surface area contributed by atoms with Crippen molar-refractivity contribution in [3.05, 3.63) is 70.6 Å². The molecule has 0 heterocycles. The number of carbonyl (C=O) groups is 1. The SMILES string of the molecule is C=CCC1(c2c(F)c(F)c(F)c(F)c2F)C(F)=C(F)C(=O)C(F)=C1F. The molecule has 2 rings (SSSR count). The second-order valence-corrected chi connectivity index (χ2v) is 4.93. The van der Waals surface area contributed by atoms with Crippen molar-refractivity contribution in [2.75, 3.05) is 0 Å². The van der Waals surface area contributed by atoms with E-state index in [4.69, 9.17) is 0 Å². The molecule has 10 heteroatoms. The van der Waals surface area contributed by atoms with Crippen LogP contribution in [-0.2, 0) is 10.2 Å². The molecule has 1 aliphatic rings. The van der Waals surface area contributed by atoms with Gasteiger partial charge in [-0.3, -0.25) is 4.79 Å². The van der Waals surface area contributed by atoms with Crippen LogP contribution in [0.2, 0.25) is 0 Å². The van der Waals surface area contributed by atoms with Crippen molar-refractivity contribution < 1.29 is 44.3 Å². The second-order valence-electron chi connectivity index (χ2n) is 4.93. The maximum Gasteiger partial charge on any atom is 0.255 e. The fourth-order valence-electron chi connectivity index (χ4n) is 2.46. The van der Waals surface area contributed by atoms with E-state index in [0.29, 0.717) is 6.08 Å². The highest BCUT2D eigenvalue weighted by Gasteiger charge is 2.55. The van der Waals surface area contributed by atoms with Crippen LogP contribution in [0.4, 0.5) is 39.5 Å². The van der Waals surface area contributed by atoms with E-state index in [1.807, 2.05) is 0 Å². The van der Waals surface area contributed by atoms with Crippen LogP contribution in [0.25, 0.3) is 0 Å². The van der Waals surface area contributed by atoms with Crippen LogP contribution in [-0.4, -0.2) is 5.78 Å². The van der Waals surface area contributed by atoms with Crippen LogP contribution in [0, 0.1) is 29.1 Å². The first-order valence-corrected chi connectivity index (χ1v) is 6.33. The molecule has 0 saturated carbocycles. The monoisotopic (exact) mass is 372 g/mol. The topological polar surface area (TPSA) is 17.1 Å². The first kappa shape index (κ1) is 18.8. The van der Waals surface area contributed by atoms with Gasteiger partial charge in [0, 0.05) is 0 Å². The minimum Gasteiger partial charge on any atom is -0.283 e. The van der Waals surface area contributed by atoms with Crippen LogP contribution in [0.15, 0.2) is 36.0 Å². The Morgan fingerprint density at radius 3 is 1.44 bits per heavy atom. The van der Waals surface area contributed by atoms with Gasteiger partial charge in [-0.25, -0.2) is 30.7 Å². The van der Waals surface area contributed by atoms with Crippen LogP contribution in [0.1, 0.15) is 12.0 Å². The molecule has 0 spiro atoms. The smallest absolute Gasteiger partial charge is 0.255 e. The Bertz CT molecular complexity index is 809. The summed E-state index contributed by atoms with van der Waals surface area (Å²) < 4.78 is 124. The standard InChI is InChI=1S/C15H5F9O/c1-2-3-15(13(23)10(21)12(25)11(22)14(15)24)4-5(16)7(18)9(20)8(19)6(4)17/h2H,1,3H2. The van der Waals surface area contributed by atoms with E-state index in [0.717, 1.165) is 0 Å². The molecule has 134 valence electrons. The summed E-state index contributed by atoms with van der Waals surface area (Å²) in [7, 11) is 0. The molecule has 0 unspecified atom stereocenters. The average molecular weight is 372 g/mol. The molecule has 25 heavy (non-hydrogen) atoms. The van der Waals surface area contributed by atoms with E-state index in [-0.39, 0.29) is 0 Å². The van der Waals surface area contributed by atoms with Crippen molar-refractivity contribution in [1.29, 1.82) is 0 Å². The van der Waals surface area contributed by atoms with Crippen molar-refractivity contribution in [3.8, 4) is 0 Å². The number of allylic oxidation sites excluding steroid dienone is 5. The summed E-state index contributed by atoms with van der Waals surface area (Å²) in [4.78, 5) is 11.1. The summed E-state index contributed by atoms with van der Waals surface area (Å²) in [6, 6.07) is 0. The lowest BCUT2D eigenvalue weighted by atomic mass is 9.71. The minimum atomic E-state index is -3.74. The van der Waals surface area contributed by atoms with Crippen molar-refractivity contribution >= 4 is 5.78 Å². The lowest BCUT2D eigenvalue weighted by Crippen LogP contribution is -2.37. The fourth-order valence-corrected chi connectivity index (χ4v) is 2.46. The molecule has 0 saturated heterocycles. The highest BCUT2D eigenvalue weighted by Crippen LogP contribution is 2.52. The van der Waals surface area contributed by atoms with Gasteiger partial charge in [-0.1, -0.05) is 6.08 Å². The molecule has 0 N–H and O–H groups in total. The quantitative estimate of drug-likeness (QED) is 0.313. The predicted molar refractivity (Wildman–Crippen MR) is 66.2 cm³/mol. The zero-order valence-corrected chi connectivity index (χ0v) is 11.8. The number of Topliss-reactive ketones (excluding diaryl/α,β-unsaturated/α-hetero) is 1. The van der Waals surface area contributed by atoms with Gasteiger partial charge in [0.25, 0.3) is 5.78 Å². The van der Waals surface area contributed by atoms with E-state index >= 15 is 0 Å². The largest absolute Gasteiger partial charge is 0.283 e. The summed E-state index contributed by atoms with van der Waals surface area (Å²) in [6.45, 7) is 2.97. The highest BCUT2D eigenvalue weighted by atomic mass is 19.2. The van der Waals surface area contributed by atoms with E-state index in [1.54, 1.807) is 0 Å². The Labute approximate surface area is 133 Å². The zero-order valence-electron chi connectivity index (χ0n) is 11.8. The van der Waals surface area contributed by atoms with Crippen molar-refractivity contribution in [2.24, 2.45) is 0 Å². The van der Waals surface area contributed by atoms with Crippen LogP contribution >= 0.6 is 0 Å². The van der Waals surface area contributed by atoms with Crippen LogP contribution < -0.4 is 0 Å². The van der Waals surface area contributed by atoms with Gasteiger partial charge in [0.05, 0.1) is 5.56 Å². The first-order valence-electron chi connectivity index (χ1n) is 6.33. The van der Waals surface area contributed by atoms with E-state index in [1.165, 1.54) is 0 Å². The molecule has 0 fully saturated rings. The minimum absolute atomic E-state index is 0.521. The first-order chi connectivity index (χ1) is 11.5. The molecule has 0 aromatic heterocycles. The number of hydrogen-bond acceptors (Lipinski definition) is 1. The van der Waals surface area contributed by atoms with Gasteiger partial charge in [-0.05, 0) is 6.42 Å². The Morgan fingerprint density at radius 2 is 1.08 bits per heavy atom. The number of ketones is 1. The summed E-state index contributed by atoms with van der Waals surface area (Å²) in [5, 5.41) is 0. The third-order valence-electron chi connectivity index (χ3n) is 3.62.